The zero-order chi connectivity index (χ0) is 26.9. The van der Waals surface area contributed by atoms with Crippen LogP contribution in [0.1, 0.15) is 46.1 Å². The van der Waals surface area contributed by atoms with Gasteiger partial charge in [-0.3, -0.25) is 24.3 Å². The van der Waals surface area contributed by atoms with Crippen molar-refractivity contribution in [2.24, 2.45) is 22.6 Å². The maximum absolute atomic E-state index is 14.0. The number of nitrogens with zero attached hydrogens (tertiary/aromatic N) is 3. The van der Waals surface area contributed by atoms with Gasteiger partial charge in [0.2, 0.25) is 12.3 Å². The van der Waals surface area contributed by atoms with Crippen molar-refractivity contribution in [3.05, 3.63) is 48.3 Å². The summed E-state index contributed by atoms with van der Waals surface area (Å²) in [4.78, 5) is 45.7. The van der Waals surface area contributed by atoms with Crippen molar-refractivity contribution in [1.82, 2.24) is 15.1 Å². The largest absolute Gasteiger partial charge is 0.501 e. The molecule has 0 unspecified atom stereocenters. The predicted octanol–water partition coefficient (Wildman–Crippen LogP) is 0.684. The van der Waals surface area contributed by atoms with Crippen molar-refractivity contribution < 1.29 is 24.4 Å². The maximum Gasteiger partial charge on any atom is 0.501 e. The number of imide groups is 1. The Morgan fingerprint density at radius 1 is 1.22 bits per heavy atom. The lowest BCUT2D eigenvalue weighted by atomic mass is 9.65. The van der Waals surface area contributed by atoms with Crippen molar-refractivity contribution in [3.8, 4) is 0 Å². The lowest BCUT2D eigenvalue weighted by Crippen LogP contribution is -2.72. The van der Waals surface area contributed by atoms with Crippen molar-refractivity contribution in [1.29, 1.82) is 0 Å². The highest BCUT2D eigenvalue weighted by molar-refractivity contribution is 6.46. The summed E-state index contributed by atoms with van der Waals surface area (Å²) in [6.07, 6.45) is 5.35. The van der Waals surface area contributed by atoms with E-state index in [0.29, 0.717) is 12.8 Å². The van der Waals surface area contributed by atoms with Gasteiger partial charge in [-0.15, -0.1) is 0 Å². The summed E-state index contributed by atoms with van der Waals surface area (Å²) in [5.41, 5.74) is 5.00. The Balaban J connectivity index is 2.51. The summed E-state index contributed by atoms with van der Waals surface area (Å²) < 4.78 is 0. The van der Waals surface area contributed by atoms with Crippen LogP contribution in [0.3, 0.4) is 0 Å². The molecule has 0 saturated carbocycles. The Bertz CT molecular complexity index is 940. The Morgan fingerprint density at radius 3 is 2.39 bits per heavy atom. The van der Waals surface area contributed by atoms with Crippen molar-refractivity contribution in [2.75, 3.05) is 6.54 Å². The first-order valence-corrected chi connectivity index (χ1v) is 12.2. The summed E-state index contributed by atoms with van der Waals surface area (Å²) in [5.74, 6) is -1.26. The smallest absolute Gasteiger partial charge is 0.424 e. The molecule has 10 nitrogen and oxygen atoms in total. The number of hydrogen-bond acceptors (Lipinski definition) is 8. The summed E-state index contributed by atoms with van der Waals surface area (Å²) in [5, 5.41) is 24.0. The molecule has 0 spiro atoms. The van der Waals surface area contributed by atoms with E-state index in [4.69, 9.17) is 5.73 Å². The quantitative estimate of drug-likeness (QED) is 0.230. The molecule has 0 aromatic heterocycles. The van der Waals surface area contributed by atoms with Crippen molar-refractivity contribution >= 4 is 31.6 Å². The van der Waals surface area contributed by atoms with Crippen LogP contribution >= 0.6 is 0 Å². The fourth-order valence-corrected chi connectivity index (χ4v) is 4.44. The molecule has 3 atom stereocenters. The van der Waals surface area contributed by atoms with E-state index in [0.717, 1.165) is 10.5 Å². The molecule has 0 bridgehead atoms. The van der Waals surface area contributed by atoms with E-state index in [9.17, 15) is 24.4 Å². The Kier molecular flexibility index (Phi) is 10.8. The summed E-state index contributed by atoms with van der Waals surface area (Å²) in [6.45, 7) is 7.72. The first-order chi connectivity index (χ1) is 17.0. The lowest BCUT2D eigenvalue weighted by Gasteiger charge is -2.49. The van der Waals surface area contributed by atoms with E-state index in [1.165, 1.54) is 17.3 Å². The molecule has 1 heterocycles. The Hall–Kier alpha value is -3.02. The highest BCUT2D eigenvalue weighted by Crippen LogP contribution is 2.31. The van der Waals surface area contributed by atoms with E-state index >= 15 is 0 Å². The minimum atomic E-state index is -2.10. The Labute approximate surface area is 213 Å². The van der Waals surface area contributed by atoms with Crippen LogP contribution in [0.25, 0.3) is 0 Å². The van der Waals surface area contributed by atoms with Gasteiger partial charge in [0.05, 0.1) is 12.6 Å². The van der Waals surface area contributed by atoms with Gasteiger partial charge in [-0.05, 0) is 30.2 Å². The molecule has 0 fully saturated rings. The van der Waals surface area contributed by atoms with Gasteiger partial charge in [-0.2, -0.15) is 0 Å². The van der Waals surface area contributed by atoms with Crippen LogP contribution in [0.15, 0.2) is 47.7 Å². The van der Waals surface area contributed by atoms with Crippen LogP contribution in [-0.4, -0.2) is 75.6 Å². The van der Waals surface area contributed by atoms with E-state index < -0.39 is 36.6 Å². The predicted molar refractivity (Wildman–Crippen MR) is 139 cm³/mol. The average molecular weight is 499 g/mol. The molecule has 1 aliphatic rings. The third kappa shape index (κ3) is 7.25. The zero-order valence-corrected chi connectivity index (χ0v) is 21.4. The number of amides is 3. The molecular weight excluding hydrogens is 461 g/mol. The molecular formula is C25H38BN5O5. The number of rotatable bonds is 13. The second-order valence-corrected chi connectivity index (χ2v) is 9.93. The molecule has 2 rings (SSSR count). The highest BCUT2D eigenvalue weighted by atomic mass is 16.4. The van der Waals surface area contributed by atoms with E-state index in [1.54, 1.807) is 30.5 Å². The fourth-order valence-electron chi connectivity index (χ4n) is 4.44. The van der Waals surface area contributed by atoms with Gasteiger partial charge in [-0.1, -0.05) is 58.0 Å². The van der Waals surface area contributed by atoms with Gasteiger partial charge in [0.1, 0.15) is 6.04 Å². The molecule has 1 aromatic rings. The normalized spacial score (nSPS) is 16.4. The molecule has 3 amide bonds. The highest BCUT2D eigenvalue weighted by Gasteiger charge is 2.54. The van der Waals surface area contributed by atoms with Gasteiger partial charge in [0.25, 0.3) is 5.91 Å². The monoisotopic (exact) mass is 499 g/mol. The number of hydrogen-bond donors (Lipinski definition) is 4. The molecule has 5 N–H and O–H groups in total. The fraction of sp³-hybridized carbons (Fsp3) is 0.520. The molecule has 0 aliphatic carbocycles. The van der Waals surface area contributed by atoms with Gasteiger partial charge in [0.15, 0.2) is 5.56 Å². The topological polar surface area (TPSA) is 149 Å². The van der Waals surface area contributed by atoms with E-state index in [-0.39, 0.29) is 31.2 Å². The number of nitrogens with one attached hydrogen (secondary N) is 1. The van der Waals surface area contributed by atoms with Crippen molar-refractivity contribution in [2.45, 2.75) is 64.6 Å². The number of aliphatic imine (C=N–C) groups is 1. The van der Waals surface area contributed by atoms with Crippen LogP contribution < -0.4 is 11.1 Å². The number of benzene rings is 1. The lowest BCUT2D eigenvalue weighted by molar-refractivity contribution is -0.152. The second-order valence-electron chi connectivity index (χ2n) is 9.93. The minimum absolute atomic E-state index is 0.0617. The van der Waals surface area contributed by atoms with E-state index in [1.807, 2.05) is 33.8 Å². The summed E-state index contributed by atoms with van der Waals surface area (Å²) in [7, 11) is -2.10. The summed E-state index contributed by atoms with van der Waals surface area (Å²) >= 11 is 0. The van der Waals surface area contributed by atoms with Crippen molar-refractivity contribution in [3.63, 3.8) is 0 Å². The third-order valence-corrected chi connectivity index (χ3v) is 6.06. The molecule has 36 heavy (non-hydrogen) atoms. The molecule has 11 heteroatoms. The first-order valence-electron chi connectivity index (χ1n) is 12.2. The number of carbonyl (C=O) groups excluding carboxylic acids is 3. The van der Waals surface area contributed by atoms with Crippen LogP contribution in [0.4, 0.5) is 0 Å². The van der Waals surface area contributed by atoms with Crippen LogP contribution in [0, 0.1) is 11.8 Å². The molecule has 1 aromatic carbocycles. The minimum Gasteiger partial charge on any atom is -0.424 e. The second kappa shape index (κ2) is 13.3. The van der Waals surface area contributed by atoms with Gasteiger partial charge < -0.3 is 26.0 Å². The average Bonchev–Trinajstić information content (AvgIpc) is 2.83. The molecule has 196 valence electrons. The third-order valence-electron chi connectivity index (χ3n) is 6.06. The number of nitrogens with two attached hydrogens (primary N) is 1. The van der Waals surface area contributed by atoms with Gasteiger partial charge in [0, 0.05) is 25.0 Å². The summed E-state index contributed by atoms with van der Waals surface area (Å²) in [6, 6.07) is 7.03. The van der Waals surface area contributed by atoms with Crippen LogP contribution in [-0.2, 0) is 20.8 Å². The van der Waals surface area contributed by atoms with Gasteiger partial charge in [-0.25, -0.2) is 0 Å². The van der Waals surface area contributed by atoms with Crippen LogP contribution in [0.2, 0.25) is 0 Å². The SMILES string of the molecule is CC(C)C[C@H](N)C(=O)N[C@@H](Cc1ccccc1)C(=O)N(C=O)[C@](CC(C)C)(B(O)O)N1C=CN=CC1. The number of carbonyl (C=O) groups is 3. The molecule has 0 saturated heterocycles. The van der Waals surface area contributed by atoms with E-state index in [2.05, 4.69) is 10.3 Å². The Morgan fingerprint density at radius 2 is 1.89 bits per heavy atom. The standard InChI is InChI=1S/C25H38BN5O5/c1-18(2)14-21(27)23(33)29-22(15-20-8-6-5-7-9-20)24(34)31(17-32)25(26(35)36,16-19(3)4)30-12-10-28-11-13-30/h5-12,17-19,21-22,35-36H,13-16,27H2,1-4H3,(H,29,33)/t21-,22-,25+/m0/s1. The zero-order valence-electron chi connectivity index (χ0n) is 21.4. The molecule has 0 radical (unpaired) electrons. The first kappa shape index (κ1) is 29.2. The molecule has 1 aliphatic heterocycles. The van der Waals surface area contributed by atoms with Gasteiger partial charge >= 0.3 is 7.12 Å². The van der Waals surface area contributed by atoms with Crippen LogP contribution in [0.5, 0.6) is 0 Å². The maximum atomic E-state index is 14.0.